The Balaban J connectivity index is 0. The summed E-state index contributed by atoms with van der Waals surface area (Å²) in [7, 11) is 0. The van der Waals surface area contributed by atoms with Gasteiger partial charge in [0.05, 0.1) is 25.2 Å². The second-order valence-corrected chi connectivity index (χ2v) is 3.03. The highest BCUT2D eigenvalue weighted by Crippen LogP contribution is 1.89. The Morgan fingerprint density at radius 1 is 0.778 bits per heavy atom. The van der Waals surface area contributed by atoms with Crippen molar-refractivity contribution in [2.24, 2.45) is 0 Å². The maximum Gasteiger partial charge on any atom is 0.121 e. The summed E-state index contributed by atoms with van der Waals surface area (Å²) in [6, 6.07) is 0. The van der Waals surface area contributed by atoms with Crippen LogP contribution in [0.1, 0.15) is 0 Å². The van der Waals surface area contributed by atoms with E-state index in [9.17, 15) is 19.8 Å². The molecule has 0 rings (SSSR count). The van der Waals surface area contributed by atoms with Gasteiger partial charge in [-0.15, -0.1) is 0 Å². The number of carboxylic acids is 2. The third kappa shape index (κ3) is 7.89. The van der Waals surface area contributed by atoms with Crippen LogP contribution in [0.3, 0.4) is 0 Å². The molecule has 0 heterocycles. The first kappa shape index (κ1) is 19.0. The summed E-state index contributed by atoms with van der Waals surface area (Å²) in [5, 5.41) is 68.8. The van der Waals surface area contributed by atoms with Gasteiger partial charge in [0.25, 0.3) is 0 Å². The average molecular weight is 270 g/mol. The molecule has 10 heteroatoms. The molecule has 6 N–H and O–H groups in total. The van der Waals surface area contributed by atoms with Gasteiger partial charge in [-0.2, -0.15) is 0 Å². The Morgan fingerprint density at radius 3 is 1.06 bits per heavy atom. The van der Waals surface area contributed by atoms with Crippen LogP contribution in [0.15, 0.2) is 0 Å². The van der Waals surface area contributed by atoms with Crippen molar-refractivity contribution in [2.75, 3.05) is 13.2 Å². The number of carbonyl (C=O) groups is 2. The van der Waals surface area contributed by atoms with Crippen molar-refractivity contribution in [2.45, 2.75) is 24.4 Å². The molecule has 0 aliphatic heterocycles. The highest BCUT2D eigenvalue weighted by molar-refractivity contribution is 5.70. The predicted octanol–water partition coefficient (Wildman–Crippen LogP) is -7.10. The van der Waals surface area contributed by atoms with Crippen LogP contribution in [-0.2, 0) is 9.59 Å². The van der Waals surface area contributed by atoms with Crippen molar-refractivity contribution < 1.29 is 50.4 Å². The summed E-state index contributed by atoms with van der Waals surface area (Å²) in [4.78, 5) is 19.3. The lowest BCUT2D eigenvalue weighted by molar-refractivity contribution is -0.319. The Labute approximate surface area is 101 Å². The summed E-state index contributed by atoms with van der Waals surface area (Å²) in [6.45, 7) is -1.59. The zero-order chi connectivity index (χ0) is 14.9. The lowest BCUT2D eigenvalue weighted by Crippen LogP contribution is -2.44. The molecular weight excluding hydrogens is 256 g/mol. The largest absolute Gasteiger partial charge is 0.547 e. The molecule has 0 aromatic carbocycles. The van der Waals surface area contributed by atoms with E-state index in [1.807, 2.05) is 0 Å². The maximum absolute atomic E-state index is 9.67. The van der Waals surface area contributed by atoms with Crippen LogP contribution in [0.2, 0.25) is 0 Å². The van der Waals surface area contributed by atoms with Gasteiger partial charge in [0, 0.05) is 0 Å². The van der Waals surface area contributed by atoms with Crippen LogP contribution in [-0.4, -0.2) is 80.2 Å². The van der Waals surface area contributed by atoms with Crippen molar-refractivity contribution in [1.29, 1.82) is 0 Å². The molecule has 0 saturated carbocycles. The highest BCUT2D eigenvalue weighted by Gasteiger charge is 2.15. The molecule has 0 aromatic heterocycles. The molecule has 0 unspecified atom stereocenters. The molecule has 0 amide bonds. The minimum atomic E-state index is -2.00. The Bertz CT molecular complexity index is 228. The standard InChI is InChI=1S/2C4H8O5/c2*5-1-2(6)3(7)4(8)9/h2*2-3,5-7H,1H2,(H,8,9)/p-2/t2*2-,3+/m00/s1. The molecule has 10 nitrogen and oxygen atoms in total. The van der Waals surface area contributed by atoms with E-state index < -0.39 is 49.6 Å². The van der Waals surface area contributed by atoms with E-state index in [2.05, 4.69) is 0 Å². The number of aliphatic hydroxyl groups excluding tert-OH is 6. The Morgan fingerprint density at radius 2 is 1.00 bits per heavy atom. The zero-order valence-corrected chi connectivity index (χ0v) is 9.04. The monoisotopic (exact) mass is 270 g/mol. The van der Waals surface area contributed by atoms with Gasteiger partial charge in [-0.1, -0.05) is 0 Å². The molecule has 0 aromatic rings. The van der Waals surface area contributed by atoms with E-state index in [1.54, 1.807) is 0 Å². The first-order chi connectivity index (χ1) is 8.18. The van der Waals surface area contributed by atoms with Crippen molar-refractivity contribution >= 4 is 11.9 Å². The molecule has 0 aliphatic rings. The molecule has 4 atom stereocenters. The molecule has 18 heavy (non-hydrogen) atoms. The molecule has 0 fully saturated rings. The van der Waals surface area contributed by atoms with Gasteiger partial charge in [-0.05, 0) is 0 Å². The SMILES string of the molecule is O=C([O-])[C@H](O)[C@@H](O)CO.O=C([O-])[C@H](O)[C@@H](O)CO. The van der Waals surface area contributed by atoms with Gasteiger partial charge < -0.3 is 50.4 Å². The van der Waals surface area contributed by atoms with Gasteiger partial charge >= 0.3 is 0 Å². The van der Waals surface area contributed by atoms with Crippen LogP contribution in [0, 0.1) is 0 Å². The Kier molecular flexibility index (Phi) is 10.3. The van der Waals surface area contributed by atoms with Gasteiger partial charge in [-0.3, -0.25) is 0 Å². The predicted molar refractivity (Wildman–Crippen MR) is 48.2 cm³/mol. The lowest BCUT2D eigenvalue weighted by atomic mass is 10.2. The fourth-order valence-electron chi connectivity index (χ4n) is 0.514. The van der Waals surface area contributed by atoms with E-state index in [-0.39, 0.29) is 0 Å². The Hall–Kier alpha value is -1.30. The number of aliphatic carboxylic acids is 2. The third-order valence-electron chi connectivity index (χ3n) is 1.59. The number of rotatable bonds is 6. The molecule has 0 saturated heterocycles. The summed E-state index contributed by atoms with van der Waals surface area (Å²) < 4.78 is 0. The molecule has 0 bridgehead atoms. The fourth-order valence-corrected chi connectivity index (χ4v) is 0.514. The zero-order valence-electron chi connectivity index (χ0n) is 9.04. The molecule has 0 radical (unpaired) electrons. The first-order valence-electron chi connectivity index (χ1n) is 4.54. The smallest absolute Gasteiger partial charge is 0.121 e. The number of carboxylic acid groups (broad SMARTS) is 2. The highest BCUT2D eigenvalue weighted by atomic mass is 16.4. The van der Waals surface area contributed by atoms with Crippen molar-refractivity contribution in [1.82, 2.24) is 0 Å². The summed E-state index contributed by atoms with van der Waals surface area (Å²) >= 11 is 0. The van der Waals surface area contributed by atoms with Crippen LogP contribution in [0.5, 0.6) is 0 Å². The number of aliphatic hydroxyl groups is 6. The maximum atomic E-state index is 9.67. The normalized spacial score (nSPS) is 16.8. The van der Waals surface area contributed by atoms with E-state index in [0.29, 0.717) is 0 Å². The number of carbonyl (C=O) groups excluding carboxylic acids is 2. The molecule has 0 spiro atoms. The van der Waals surface area contributed by atoms with E-state index >= 15 is 0 Å². The van der Waals surface area contributed by atoms with Crippen LogP contribution >= 0.6 is 0 Å². The molecule has 0 aliphatic carbocycles. The van der Waals surface area contributed by atoms with E-state index in [1.165, 1.54) is 0 Å². The summed E-state index contributed by atoms with van der Waals surface area (Å²) in [5.74, 6) is -3.59. The summed E-state index contributed by atoms with van der Waals surface area (Å²) in [6.07, 6.45) is -7.32. The number of hydrogen-bond donors (Lipinski definition) is 6. The quantitative estimate of drug-likeness (QED) is 0.269. The van der Waals surface area contributed by atoms with Crippen molar-refractivity contribution in [3.05, 3.63) is 0 Å². The third-order valence-corrected chi connectivity index (χ3v) is 1.59. The van der Waals surface area contributed by atoms with Crippen molar-refractivity contribution in [3.8, 4) is 0 Å². The topological polar surface area (TPSA) is 202 Å². The average Bonchev–Trinajstić information content (AvgIpc) is 2.35. The second-order valence-electron chi connectivity index (χ2n) is 3.03. The van der Waals surface area contributed by atoms with Crippen LogP contribution < -0.4 is 10.2 Å². The van der Waals surface area contributed by atoms with Gasteiger partial charge in [0.2, 0.25) is 0 Å². The van der Waals surface area contributed by atoms with Crippen LogP contribution in [0.4, 0.5) is 0 Å². The minimum Gasteiger partial charge on any atom is -0.547 e. The van der Waals surface area contributed by atoms with Gasteiger partial charge in [0.15, 0.2) is 0 Å². The van der Waals surface area contributed by atoms with Gasteiger partial charge in [-0.25, -0.2) is 0 Å². The van der Waals surface area contributed by atoms with Crippen LogP contribution in [0.25, 0.3) is 0 Å². The fraction of sp³-hybridized carbons (Fsp3) is 0.750. The summed E-state index contributed by atoms with van der Waals surface area (Å²) in [5.41, 5.74) is 0. The lowest BCUT2D eigenvalue weighted by Gasteiger charge is -2.15. The second kappa shape index (κ2) is 9.70. The minimum absolute atomic E-state index is 0.796. The van der Waals surface area contributed by atoms with E-state index in [0.717, 1.165) is 0 Å². The van der Waals surface area contributed by atoms with Crippen molar-refractivity contribution in [3.63, 3.8) is 0 Å². The van der Waals surface area contributed by atoms with Gasteiger partial charge in [0.1, 0.15) is 24.4 Å². The first-order valence-corrected chi connectivity index (χ1v) is 4.54. The number of hydrogen-bond acceptors (Lipinski definition) is 10. The molecular formula is C8H14O10-2. The molecule has 108 valence electrons. The van der Waals surface area contributed by atoms with E-state index in [4.69, 9.17) is 30.6 Å².